The molecule has 0 heterocycles. The molecule has 1 nitrogen and oxygen atoms in total. The molecule has 0 atom stereocenters. The van der Waals surface area contributed by atoms with Gasteiger partial charge in [-0.15, -0.1) is 0 Å². The van der Waals surface area contributed by atoms with Crippen molar-refractivity contribution in [1.29, 1.82) is 0 Å². The first-order valence-electron chi connectivity index (χ1n) is 4.92. The molecule has 0 aliphatic rings. The van der Waals surface area contributed by atoms with Crippen LogP contribution in [-0.4, -0.2) is 0 Å². The van der Waals surface area contributed by atoms with Gasteiger partial charge in [-0.3, -0.25) is 0 Å². The molecule has 0 fully saturated rings. The van der Waals surface area contributed by atoms with Gasteiger partial charge in [-0.2, -0.15) is 0 Å². The lowest BCUT2D eigenvalue weighted by atomic mass is 10.1. The third kappa shape index (κ3) is 3.48. The molecular weight excluding hydrogens is 170 g/mol. The summed E-state index contributed by atoms with van der Waals surface area (Å²) in [5.41, 5.74) is 8.63. The molecule has 0 radical (unpaired) electrons. The number of rotatable bonds is 2. The molecule has 0 aliphatic heterocycles. The zero-order chi connectivity index (χ0) is 11.0. The molecule has 1 aromatic carbocycles. The smallest absolute Gasteiger partial charge is 0.0320 e. The molecule has 0 saturated carbocycles. The number of anilines is 1. The molecule has 1 rings (SSSR count). The Kier molecular flexibility index (Phi) is 6.21. The molecule has 76 valence electrons. The van der Waals surface area contributed by atoms with Crippen LogP contribution in [-0.2, 0) is 0 Å². The van der Waals surface area contributed by atoms with Crippen LogP contribution < -0.4 is 5.73 Å². The third-order valence-electron chi connectivity index (χ3n) is 1.68. The van der Waals surface area contributed by atoms with Crippen molar-refractivity contribution in [3.05, 3.63) is 42.0 Å². The van der Waals surface area contributed by atoms with E-state index in [4.69, 9.17) is 5.73 Å². The van der Waals surface area contributed by atoms with Crippen molar-refractivity contribution in [2.75, 3.05) is 5.73 Å². The van der Waals surface area contributed by atoms with Gasteiger partial charge in [0.25, 0.3) is 0 Å². The minimum Gasteiger partial charge on any atom is -0.399 e. The molecule has 0 amide bonds. The molecule has 0 unspecified atom stereocenters. The van der Waals surface area contributed by atoms with E-state index in [-0.39, 0.29) is 0 Å². The quantitative estimate of drug-likeness (QED) is 0.700. The zero-order valence-corrected chi connectivity index (χ0v) is 9.25. The molecule has 0 bridgehead atoms. The highest BCUT2D eigenvalue weighted by Crippen LogP contribution is 2.15. The molecule has 1 aromatic rings. The molecule has 14 heavy (non-hydrogen) atoms. The zero-order valence-electron chi connectivity index (χ0n) is 9.25. The third-order valence-corrected chi connectivity index (χ3v) is 1.68. The molecule has 0 aromatic heterocycles. The predicted molar refractivity (Wildman–Crippen MR) is 67.0 cm³/mol. The first-order valence-corrected chi connectivity index (χ1v) is 4.92. The second kappa shape index (κ2) is 6.96. The number of benzene rings is 1. The summed E-state index contributed by atoms with van der Waals surface area (Å²) in [6, 6.07) is 5.80. The Labute approximate surface area is 87.0 Å². The Hall–Kier alpha value is -1.50. The molecular formula is C13H19N. The maximum Gasteiger partial charge on any atom is 0.0320 e. The molecule has 0 spiro atoms. The molecule has 0 aliphatic carbocycles. The van der Waals surface area contributed by atoms with Gasteiger partial charge in [-0.1, -0.05) is 44.7 Å². The fraction of sp³-hybridized carbons (Fsp3) is 0.231. The second-order valence-corrected chi connectivity index (χ2v) is 2.59. The van der Waals surface area contributed by atoms with E-state index in [1.807, 2.05) is 57.2 Å². The fourth-order valence-corrected chi connectivity index (χ4v) is 1.10. The van der Waals surface area contributed by atoms with Crippen LogP contribution in [0.3, 0.4) is 0 Å². The largest absolute Gasteiger partial charge is 0.399 e. The van der Waals surface area contributed by atoms with Crippen molar-refractivity contribution in [1.82, 2.24) is 0 Å². The summed E-state index contributed by atoms with van der Waals surface area (Å²) in [6.07, 6.45) is 5.85. The summed E-state index contributed by atoms with van der Waals surface area (Å²) < 4.78 is 0. The monoisotopic (exact) mass is 189 g/mol. The molecule has 1 heteroatoms. The van der Waals surface area contributed by atoms with Gasteiger partial charge >= 0.3 is 0 Å². The maximum absolute atomic E-state index is 5.63. The van der Waals surface area contributed by atoms with Gasteiger partial charge in [-0.25, -0.2) is 0 Å². The van der Waals surface area contributed by atoms with E-state index in [2.05, 4.69) is 6.58 Å². The van der Waals surface area contributed by atoms with E-state index in [1.54, 1.807) is 0 Å². The summed E-state index contributed by atoms with van der Waals surface area (Å²) >= 11 is 0. The van der Waals surface area contributed by atoms with Crippen LogP contribution in [0, 0.1) is 0 Å². The fourth-order valence-electron chi connectivity index (χ4n) is 1.10. The van der Waals surface area contributed by atoms with Crippen LogP contribution in [0.5, 0.6) is 0 Å². The van der Waals surface area contributed by atoms with Crippen LogP contribution in [0.25, 0.3) is 12.2 Å². The summed E-state index contributed by atoms with van der Waals surface area (Å²) in [4.78, 5) is 0. The number of hydrogen-bond acceptors (Lipinski definition) is 1. The SMILES string of the molecule is C=Cc1cc(N)ccc1/C=C\C.CC. The van der Waals surface area contributed by atoms with Crippen molar-refractivity contribution < 1.29 is 0 Å². The Bertz CT molecular complexity index is 311. The van der Waals surface area contributed by atoms with Gasteiger partial charge in [-0.05, 0) is 30.2 Å². The second-order valence-electron chi connectivity index (χ2n) is 2.59. The lowest BCUT2D eigenvalue weighted by Gasteiger charge is -2.01. The molecule has 2 N–H and O–H groups in total. The van der Waals surface area contributed by atoms with E-state index in [1.165, 1.54) is 0 Å². The number of hydrogen-bond donors (Lipinski definition) is 1. The van der Waals surface area contributed by atoms with Gasteiger partial charge in [0.05, 0.1) is 0 Å². The van der Waals surface area contributed by atoms with Crippen LogP contribution in [0.4, 0.5) is 5.69 Å². The highest BCUT2D eigenvalue weighted by atomic mass is 14.5. The first-order chi connectivity index (χ1) is 6.77. The van der Waals surface area contributed by atoms with Crippen molar-refractivity contribution in [2.45, 2.75) is 20.8 Å². The number of nitrogen functional groups attached to an aromatic ring is 1. The van der Waals surface area contributed by atoms with Crippen LogP contribution in [0.2, 0.25) is 0 Å². The minimum absolute atomic E-state index is 0.776. The summed E-state index contributed by atoms with van der Waals surface area (Å²) in [5, 5.41) is 0. The van der Waals surface area contributed by atoms with E-state index in [9.17, 15) is 0 Å². The van der Waals surface area contributed by atoms with E-state index in [0.29, 0.717) is 0 Å². The standard InChI is InChI=1S/C11H13N.C2H6/c1-3-5-10-6-7-11(12)8-9(10)4-2;1-2/h3-8H,2,12H2,1H3;1-2H3/b5-3-;. The van der Waals surface area contributed by atoms with Gasteiger partial charge < -0.3 is 5.73 Å². The van der Waals surface area contributed by atoms with Crippen LogP contribution in [0.1, 0.15) is 31.9 Å². The van der Waals surface area contributed by atoms with Crippen LogP contribution >= 0.6 is 0 Å². The maximum atomic E-state index is 5.63. The average molecular weight is 189 g/mol. The first kappa shape index (κ1) is 12.5. The van der Waals surface area contributed by atoms with Crippen molar-refractivity contribution >= 4 is 17.8 Å². The predicted octanol–water partition coefficient (Wildman–Crippen LogP) is 3.97. The highest BCUT2D eigenvalue weighted by molar-refractivity contribution is 5.67. The molecule has 0 saturated heterocycles. The Morgan fingerprint density at radius 2 is 1.86 bits per heavy atom. The van der Waals surface area contributed by atoms with E-state index >= 15 is 0 Å². The topological polar surface area (TPSA) is 26.0 Å². The summed E-state index contributed by atoms with van der Waals surface area (Å²) in [5.74, 6) is 0. The summed E-state index contributed by atoms with van der Waals surface area (Å²) in [7, 11) is 0. The van der Waals surface area contributed by atoms with Gasteiger partial charge in [0.2, 0.25) is 0 Å². The number of nitrogens with two attached hydrogens (primary N) is 1. The number of allylic oxidation sites excluding steroid dienone is 1. The van der Waals surface area contributed by atoms with E-state index < -0.39 is 0 Å². The van der Waals surface area contributed by atoms with Crippen molar-refractivity contribution in [3.63, 3.8) is 0 Å². The lowest BCUT2D eigenvalue weighted by molar-refractivity contribution is 1.50. The van der Waals surface area contributed by atoms with Gasteiger partial charge in [0.1, 0.15) is 0 Å². The Morgan fingerprint density at radius 3 is 2.36 bits per heavy atom. The lowest BCUT2D eigenvalue weighted by Crippen LogP contribution is -1.87. The normalized spacial score (nSPS) is 9.36. The Morgan fingerprint density at radius 1 is 1.21 bits per heavy atom. The van der Waals surface area contributed by atoms with Crippen LogP contribution in [0.15, 0.2) is 30.9 Å². The van der Waals surface area contributed by atoms with Crippen molar-refractivity contribution in [2.24, 2.45) is 0 Å². The van der Waals surface area contributed by atoms with E-state index in [0.717, 1.165) is 16.8 Å². The highest BCUT2D eigenvalue weighted by Gasteiger charge is 1.94. The Balaban J connectivity index is 0.000000791. The minimum atomic E-state index is 0.776. The van der Waals surface area contributed by atoms with Gasteiger partial charge in [0, 0.05) is 5.69 Å². The van der Waals surface area contributed by atoms with Gasteiger partial charge in [0.15, 0.2) is 0 Å². The summed E-state index contributed by atoms with van der Waals surface area (Å²) in [6.45, 7) is 9.71. The van der Waals surface area contributed by atoms with Crippen molar-refractivity contribution in [3.8, 4) is 0 Å². The average Bonchev–Trinajstić information content (AvgIpc) is 2.24.